The van der Waals surface area contributed by atoms with Crippen LogP contribution in [0, 0.1) is 0 Å². The summed E-state index contributed by atoms with van der Waals surface area (Å²) in [6.07, 6.45) is 0.230. The van der Waals surface area contributed by atoms with Gasteiger partial charge in [-0.25, -0.2) is 0 Å². The molecule has 0 fully saturated rings. The minimum atomic E-state index is -2.41. The average molecular weight is 378 g/mol. The fraction of sp³-hybridized carbons (Fsp3) is 0.429. The predicted octanol–water partition coefficient (Wildman–Crippen LogP) is 5.11. The molecular weight excluding hydrogens is 360 g/mol. The molecule has 2 rings (SSSR count). The van der Waals surface area contributed by atoms with E-state index in [2.05, 4.69) is 15.5 Å². The van der Waals surface area contributed by atoms with Gasteiger partial charge in [0.25, 0.3) is 5.76 Å². The normalized spacial score (nSPS) is 11.4. The lowest BCUT2D eigenvalue weighted by molar-refractivity contribution is 0.0920. The Morgan fingerprint density at radius 2 is 1.96 bits per heavy atom. The first kappa shape index (κ1) is 18.4. The Labute approximate surface area is 146 Å². The summed E-state index contributed by atoms with van der Waals surface area (Å²) in [5.74, 6) is -1.58. The first-order chi connectivity index (χ1) is 11.0. The molecule has 1 heterocycles. The number of thioether (sulfide) groups is 2. The van der Waals surface area contributed by atoms with Crippen molar-refractivity contribution in [3.8, 4) is 0 Å². The molecule has 0 bridgehead atoms. The Morgan fingerprint density at radius 3 is 2.61 bits per heavy atom. The highest BCUT2D eigenvalue weighted by atomic mass is 32.2. The average Bonchev–Trinajstić information content (AvgIpc) is 2.92. The summed E-state index contributed by atoms with van der Waals surface area (Å²) >= 11 is 3.58. The highest BCUT2D eigenvalue weighted by molar-refractivity contribution is 8.01. The van der Waals surface area contributed by atoms with Crippen molar-refractivity contribution in [3.05, 3.63) is 24.3 Å². The van der Waals surface area contributed by atoms with Crippen molar-refractivity contribution in [1.82, 2.24) is 10.2 Å². The van der Waals surface area contributed by atoms with E-state index in [1.807, 2.05) is 13.8 Å². The van der Waals surface area contributed by atoms with Gasteiger partial charge >= 0.3 is 0 Å². The van der Waals surface area contributed by atoms with Gasteiger partial charge in [0, 0.05) is 16.3 Å². The minimum Gasteiger partial charge on any atom is -0.378 e. The van der Waals surface area contributed by atoms with E-state index in [4.69, 9.17) is 4.74 Å². The molecule has 0 unspecified atom stereocenters. The molecule has 1 aromatic carbocycles. The zero-order valence-electron chi connectivity index (χ0n) is 12.7. The topological polar surface area (TPSA) is 47.0 Å². The maximum absolute atomic E-state index is 12.3. The SMILES string of the molecule is CC(C)OCCSc1nnc(Nc2ccc(SC(F)F)cc2)s1. The van der Waals surface area contributed by atoms with Gasteiger partial charge in [0.05, 0.1) is 12.7 Å². The van der Waals surface area contributed by atoms with Gasteiger partial charge in [-0.2, -0.15) is 8.78 Å². The minimum absolute atomic E-state index is 0.230. The lowest BCUT2D eigenvalue weighted by atomic mass is 10.3. The van der Waals surface area contributed by atoms with E-state index in [0.717, 1.165) is 15.8 Å². The van der Waals surface area contributed by atoms with Crippen molar-refractivity contribution in [3.63, 3.8) is 0 Å². The number of hydrogen-bond acceptors (Lipinski definition) is 7. The van der Waals surface area contributed by atoms with Crippen LogP contribution in [0.3, 0.4) is 0 Å². The van der Waals surface area contributed by atoms with Gasteiger partial charge < -0.3 is 10.1 Å². The number of ether oxygens (including phenoxy) is 1. The van der Waals surface area contributed by atoms with Crippen molar-refractivity contribution >= 4 is 45.7 Å². The second kappa shape index (κ2) is 9.41. The fourth-order valence-corrected chi connectivity index (χ4v) is 3.75. The second-order valence-corrected chi connectivity index (χ2v) is 8.05. The largest absolute Gasteiger partial charge is 0.378 e. The zero-order valence-corrected chi connectivity index (χ0v) is 15.1. The number of aromatic nitrogens is 2. The molecule has 0 saturated carbocycles. The molecule has 1 N–H and O–H groups in total. The zero-order chi connectivity index (χ0) is 16.7. The first-order valence-corrected chi connectivity index (χ1v) is 9.61. The number of nitrogens with one attached hydrogen (secondary N) is 1. The molecule has 2 aromatic rings. The van der Waals surface area contributed by atoms with E-state index in [1.165, 1.54) is 11.3 Å². The van der Waals surface area contributed by atoms with Gasteiger partial charge in [-0.3, -0.25) is 0 Å². The summed E-state index contributed by atoms with van der Waals surface area (Å²) in [6.45, 7) is 4.68. The third-order valence-electron chi connectivity index (χ3n) is 2.50. The third-order valence-corrected chi connectivity index (χ3v) is 5.16. The number of benzene rings is 1. The maximum atomic E-state index is 12.3. The molecule has 0 saturated heterocycles. The molecule has 0 radical (unpaired) electrons. The Kier molecular flexibility index (Phi) is 7.54. The van der Waals surface area contributed by atoms with Crippen LogP contribution in [0.1, 0.15) is 13.8 Å². The van der Waals surface area contributed by atoms with Gasteiger partial charge in [0.15, 0.2) is 4.34 Å². The van der Waals surface area contributed by atoms with E-state index in [1.54, 1.807) is 36.0 Å². The van der Waals surface area contributed by atoms with E-state index in [-0.39, 0.29) is 6.10 Å². The van der Waals surface area contributed by atoms with Crippen molar-refractivity contribution in [1.29, 1.82) is 0 Å². The van der Waals surface area contributed by atoms with Gasteiger partial charge in [-0.1, -0.05) is 34.9 Å². The molecule has 23 heavy (non-hydrogen) atoms. The van der Waals surface area contributed by atoms with E-state index < -0.39 is 5.76 Å². The summed E-state index contributed by atoms with van der Waals surface area (Å²) in [5, 5.41) is 12.0. The van der Waals surface area contributed by atoms with Crippen LogP contribution in [-0.2, 0) is 4.74 Å². The Bertz CT molecular complexity index is 593. The van der Waals surface area contributed by atoms with Crippen LogP contribution in [0.25, 0.3) is 0 Å². The number of hydrogen-bond donors (Lipinski definition) is 1. The number of rotatable bonds is 9. The predicted molar refractivity (Wildman–Crippen MR) is 93.3 cm³/mol. The lowest BCUT2D eigenvalue weighted by Crippen LogP contribution is -2.05. The van der Waals surface area contributed by atoms with Crippen LogP contribution in [0.4, 0.5) is 19.6 Å². The highest BCUT2D eigenvalue weighted by Gasteiger charge is 2.07. The van der Waals surface area contributed by atoms with Crippen LogP contribution >= 0.6 is 34.9 Å². The Balaban J connectivity index is 1.81. The lowest BCUT2D eigenvalue weighted by Gasteiger charge is -2.05. The highest BCUT2D eigenvalue weighted by Crippen LogP contribution is 2.29. The number of halogens is 2. The van der Waals surface area contributed by atoms with Crippen LogP contribution in [0.15, 0.2) is 33.5 Å². The second-order valence-electron chi connectivity index (χ2n) is 4.67. The van der Waals surface area contributed by atoms with Gasteiger partial charge in [0.2, 0.25) is 5.13 Å². The summed E-state index contributed by atoms with van der Waals surface area (Å²) in [4.78, 5) is 0.532. The molecule has 0 aliphatic carbocycles. The summed E-state index contributed by atoms with van der Waals surface area (Å²) < 4.78 is 30.9. The molecule has 0 amide bonds. The van der Waals surface area contributed by atoms with Crippen molar-refractivity contribution in [2.45, 2.75) is 34.9 Å². The summed E-state index contributed by atoms with van der Waals surface area (Å²) in [5.41, 5.74) is 0.791. The van der Waals surface area contributed by atoms with Crippen LogP contribution < -0.4 is 5.32 Å². The van der Waals surface area contributed by atoms with Gasteiger partial charge in [-0.15, -0.1) is 10.2 Å². The van der Waals surface area contributed by atoms with Crippen LogP contribution in [0.2, 0.25) is 0 Å². The third kappa shape index (κ3) is 7.03. The number of nitrogens with zero attached hydrogens (tertiary/aromatic N) is 2. The first-order valence-electron chi connectivity index (χ1n) is 6.92. The van der Waals surface area contributed by atoms with E-state index in [0.29, 0.717) is 28.4 Å². The van der Waals surface area contributed by atoms with Crippen LogP contribution in [0.5, 0.6) is 0 Å². The monoisotopic (exact) mass is 377 g/mol. The number of alkyl halides is 2. The molecule has 9 heteroatoms. The molecule has 126 valence electrons. The maximum Gasteiger partial charge on any atom is 0.288 e. The quantitative estimate of drug-likeness (QED) is 0.484. The van der Waals surface area contributed by atoms with Crippen LogP contribution in [-0.4, -0.2) is 34.4 Å². The molecule has 4 nitrogen and oxygen atoms in total. The molecule has 1 aromatic heterocycles. The van der Waals surface area contributed by atoms with Crippen molar-refractivity contribution < 1.29 is 13.5 Å². The Hall–Kier alpha value is -0.900. The van der Waals surface area contributed by atoms with E-state index in [9.17, 15) is 8.78 Å². The fourth-order valence-electron chi connectivity index (χ4n) is 1.57. The van der Waals surface area contributed by atoms with Gasteiger partial charge in [0.1, 0.15) is 0 Å². The molecule has 0 aliphatic rings. The van der Waals surface area contributed by atoms with Gasteiger partial charge in [-0.05, 0) is 38.1 Å². The number of anilines is 2. The smallest absolute Gasteiger partial charge is 0.288 e. The molecular formula is C14H17F2N3OS3. The molecule has 0 aliphatic heterocycles. The van der Waals surface area contributed by atoms with E-state index >= 15 is 0 Å². The standard InChI is InChI=1S/C14H17F2N3OS3/c1-9(2)20-7-8-21-14-19-18-13(23-14)17-10-3-5-11(6-4-10)22-12(15)16/h3-6,9,12H,7-8H2,1-2H3,(H,17,18). The van der Waals surface area contributed by atoms with Crippen molar-refractivity contribution in [2.75, 3.05) is 17.7 Å². The summed E-state index contributed by atoms with van der Waals surface area (Å²) in [6, 6.07) is 6.79. The Morgan fingerprint density at radius 1 is 1.22 bits per heavy atom. The summed E-state index contributed by atoms with van der Waals surface area (Å²) in [7, 11) is 0. The molecule has 0 atom stereocenters. The van der Waals surface area contributed by atoms with Crippen molar-refractivity contribution in [2.24, 2.45) is 0 Å². The molecule has 0 spiro atoms.